The maximum atomic E-state index is 13.3. The van der Waals surface area contributed by atoms with Gasteiger partial charge in [-0.3, -0.25) is 4.79 Å². The Labute approximate surface area is 186 Å². The van der Waals surface area contributed by atoms with E-state index in [2.05, 4.69) is 15.6 Å². The molecule has 0 aliphatic carbocycles. The Morgan fingerprint density at radius 1 is 1.26 bits per heavy atom. The Hall–Kier alpha value is -2.49. The molecule has 0 unspecified atom stereocenters. The van der Waals surface area contributed by atoms with Crippen molar-refractivity contribution in [2.24, 2.45) is 0 Å². The molecule has 1 aliphatic rings. The van der Waals surface area contributed by atoms with Crippen LogP contribution >= 0.6 is 11.6 Å². The third-order valence-corrected chi connectivity index (χ3v) is 7.73. The highest BCUT2D eigenvalue weighted by Crippen LogP contribution is 2.28. The van der Waals surface area contributed by atoms with Gasteiger partial charge in [0.25, 0.3) is 0 Å². The van der Waals surface area contributed by atoms with Gasteiger partial charge in [0.1, 0.15) is 11.6 Å². The fourth-order valence-electron chi connectivity index (χ4n) is 3.83. The zero-order valence-electron chi connectivity index (χ0n) is 17.3. The maximum Gasteiger partial charge on any atom is 0.243 e. The molecule has 10 heteroatoms. The topological polar surface area (TPSA) is 97.2 Å². The van der Waals surface area contributed by atoms with Gasteiger partial charge in [-0.05, 0) is 56.5 Å². The van der Waals surface area contributed by atoms with Gasteiger partial charge in [0.15, 0.2) is 0 Å². The van der Waals surface area contributed by atoms with Gasteiger partial charge in [0.2, 0.25) is 15.9 Å². The number of carbonyl (C=O) groups excluding carboxylic acids is 1. The minimum Gasteiger partial charge on any atom is -0.351 e. The summed E-state index contributed by atoms with van der Waals surface area (Å²) >= 11 is 6.15. The highest BCUT2D eigenvalue weighted by molar-refractivity contribution is 7.89. The molecular formula is C21H24ClN5O3S. The van der Waals surface area contributed by atoms with Crippen LogP contribution in [0.3, 0.4) is 0 Å². The van der Waals surface area contributed by atoms with Gasteiger partial charge < -0.3 is 5.32 Å². The lowest BCUT2D eigenvalue weighted by molar-refractivity contribution is -0.124. The van der Waals surface area contributed by atoms with E-state index in [1.165, 1.54) is 10.4 Å². The Morgan fingerprint density at radius 2 is 2.03 bits per heavy atom. The van der Waals surface area contributed by atoms with Crippen molar-refractivity contribution in [1.29, 1.82) is 0 Å². The summed E-state index contributed by atoms with van der Waals surface area (Å²) in [6.07, 6.45) is 1.09. The lowest BCUT2D eigenvalue weighted by Gasteiger charge is -2.23. The predicted molar refractivity (Wildman–Crippen MR) is 118 cm³/mol. The quantitative estimate of drug-likeness (QED) is 0.608. The number of halogens is 1. The summed E-state index contributed by atoms with van der Waals surface area (Å²) in [6, 6.07) is 11.4. The molecule has 1 N–H and O–H groups in total. The second-order valence-electron chi connectivity index (χ2n) is 7.86. The summed E-state index contributed by atoms with van der Waals surface area (Å²) in [4.78, 5) is 12.9. The third-order valence-electron chi connectivity index (χ3n) is 5.46. The number of carbonyl (C=O) groups is 1. The number of hydrogen-bond acceptors (Lipinski definition) is 5. The molecular weight excluding hydrogens is 438 g/mol. The second-order valence-corrected chi connectivity index (χ2v) is 10.2. The molecule has 0 bridgehead atoms. The molecule has 2 aromatic carbocycles. The van der Waals surface area contributed by atoms with E-state index in [0.717, 1.165) is 11.1 Å². The van der Waals surface area contributed by atoms with Gasteiger partial charge in [-0.15, -0.1) is 5.10 Å². The maximum absolute atomic E-state index is 13.3. The van der Waals surface area contributed by atoms with Gasteiger partial charge in [-0.25, -0.2) is 13.1 Å². The van der Waals surface area contributed by atoms with Gasteiger partial charge in [-0.2, -0.15) is 4.31 Å². The number of amides is 1. The van der Waals surface area contributed by atoms with Crippen molar-refractivity contribution >= 4 is 38.6 Å². The first-order valence-electron chi connectivity index (χ1n) is 10.2. The molecule has 8 nitrogen and oxygen atoms in total. The first kappa shape index (κ1) is 21.7. The van der Waals surface area contributed by atoms with Crippen molar-refractivity contribution < 1.29 is 13.2 Å². The molecule has 0 saturated carbocycles. The zero-order chi connectivity index (χ0) is 22.2. The van der Waals surface area contributed by atoms with E-state index in [1.807, 2.05) is 32.0 Å². The first-order chi connectivity index (χ1) is 14.8. The molecule has 0 spiro atoms. The summed E-state index contributed by atoms with van der Waals surface area (Å²) < 4.78 is 29.7. The second kappa shape index (κ2) is 8.57. The number of nitrogens with one attached hydrogen (secondary N) is 1. The van der Waals surface area contributed by atoms with E-state index < -0.39 is 16.1 Å². The van der Waals surface area contributed by atoms with Crippen LogP contribution in [0.25, 0.3) is 11.0 Å². The van der Waals surface area contributed by atoms with Gasteiger partial charge in [-0.1, -0.05) is 35.0 Å². The molecule has 1 aromatic heterocycles. The van der Waals surface area contributed by atoms with Crippen LogP contribution in [-0.2, 0) is 21.4 Å². The Balaban J connectivity index is 1.55. The fraction of sp³-hybridized carbons (Fsp3) is 0.381. The predicted octanol–water partition coefficient (Wildman–Crippen LogP) is 3.14. The van der Waals surface area contributed by atoms with E-state index in [4.69, 9.17) is 11.6 Å². The molecule has 0 radical (unpaired) electrons. The molecule has 1 fully saturated rings. The van der Waals surface area contributed by atoms with Crippen LogP contribution < -0.4 is 5.32 Å². The molecule has 1 amide bonds. The number of rotatable bonds is 6. The summed E-state index contributed by atoms with van der Waals surface area (Å²) in [5, 5.41) is 11.6. The normalized spacial score (nSPS) is 17.5. The van der Waals surface area contributed by atoms with Crippen LogP contribution in [0.4, 0.5) is 0 Å². The molecule has 164 valence electrons. The average molecular weight is 462 g/mol. The lowest BCUT2D eigenvalue weighted by Crippen LogP contribution is -2.45. The molecule has 4 rings (SSSR count). The summed E-state index contributed by atoms with van der Waals surface area (Å²) in [7, 11) is -3.86. The van der Waals surface area contributed by atoms with Crippen LogP contribution in [-0.4, -0.2) is 46.2 Å². The standard InChI is InChI=1S/C21H24ClN5O3S/c1-14(2)27-19-10-9-16(12-18(19)24-25-27)31(29,30)26-11-5-8-20(26)21(28)23-13-15-6-3-4-7-17(15)22/h3-4,6-7,9-10,12,14,20H,5,8,11,13H2,1-2H3,(H,23,28)/t20-/m0/s1. The van der Waals surface area contributed by atoms with Crippen molar-refractivity contribution in [3.63, 3.8) is 0 Å². The largest absolute Gasteiger partial charge is 0.351 e. The van der Waals surface area contributed by atoms with Crippen LogP contribution in [0, 0.1) is 0 Å². The summed E-state index contributed by atoms with van der Waals surface area (Å²) in [5.41, 5.74) is 2.06. The van der Waals surface area contributed by atoms with E-state index in [0.29, 0.717) is 29.9 Å². The summed E-state index contributed by atoms with van der Waals surface area (Å²) in [6.45, 7) is 4.50. The van der Waals surface area contributed by atoms with Crippen molar-refractivity contribution in [2.45, 2.75) is 50.2 Å². The minimum atomic E-state index is -3.86. The van der Waals surface area contributed by atoms with Crippen molar-refractivity contribution in [3.05, 3.63) is 53.1 Å². The highest BCUT2D eigenvalue weighted by Gasteiger charge is 2.39. The molecule has 1 aliphatic heterocycles. The SMILES string of the molecule is CC(C)n1nnc2cc(S(=O)(=O)N3CCC[C@H]3C(=O)NCc3ccccc3Cl)ccc21. The molecule has 3 aromatic rings. The van der Waals surface area contributed by atoms with Crippen LogP contribution in [0.1, 0.15) is 38.3 Å². The Morgan fingerprint density at radius 3 is 2.77 bits per heavy atom. The monoisotopic (exact) mass is 461 g/mol. The zero-order valence-corrected chi connectivity index (χ0v) is 18.9. The first-order valence-corrected chi connectivity index (χ1v) is 12.0. The minimum absolute atomic E-state index is 0.109. The van der Waals surface area contributed by atoms with Crippen molar-refractivity contribution in [3.8, 4) is 0 Å². The van der Waals surface area contributed by atoms with Gasteiger partial charge >= 0.3 is 0 Å². The van der Waals surface area contributed by atoms with Gasteiger partial charge in [0.05, 0.1) is 10.4 Å². The number of benzene rings is 2. The third kappa shape index (κ3) is 4.17. The van der Waals surface area contributed by atoms with Crippen LogP contribution in [0.2, 0.25) is 5.02 Å². The molecule has 2 heterocycles. The number of sulfonamides is 1. The molecule has 1 saturated heterocycles. The lowest BCUT2D eigenvalue weighted by atomic mass is 10.2. The van der Waals surface area contributed by atoms with Gasteiger partial charge in [0, 0.05) is 24.2 Å². The van der Waals surface area contributed by atoms with Crippen molar-refractivity contribution in [1.82, 2.24) is 24.6 Å². The number of aromatic nitrogens is 3. The fourth-order valence-corrected chi connectivity index (χ4v) is 5.71. The highest BCUT2D eigenvalue weighted by atomic mass is 35.5. The van der Waals surface area contributed by atoms with E-state index >= 15 is 0 Å². The average Bonchev–Trinajstić information content (AvgIpc) is 3.40. The smallest absolute Gasteiger partial charge is 0.243 e. The number of hydrogen-bond donors (Lipinski definition) is 1. The Kier molecular flexibility index (Phi) is 6.00. The van der Waals surface area contributed by atoms with Crippen LogP contribution in [0.5, 0.6) is 0 Å². The molecule has 31 heavy (non-hydrogen) atoms. The van der Waals surface area contributed by atoms with E-state index in [1.54, 1.807) is 22.9 Å². The van der Waals surface area contributed by atoms with E-state index in [-0.39, 0.29) is 23.4 Å². The van der Waals surface area contributed by atoms with Crippen LogP contribution in [0.15, 0.2) is 47.4 Å². The molecule has 1 atom stereocenters. The number of nitrogens with zero attached hydrogens (tertiary/aromatic N) is 4. The number of fused-ring (bicyclic) bond motifs is 1. The van der Waals surface area contributed by atoms with E-state index in [9.17, 15) is 13.2 Å². The Bertz CT molecular complexity index is 1220. The van der Waals surface area contributed by atoms with Crippen molar-refractivity contribution in [2.75, 3.05) is 6.54 Å². The summed E-state index contributed by atoms with van der Waals surface area (Å²) in [5.74, 6) is -0.326.